The van der Waals surface area contributed by atoms with Crippen LogP contribution >= 0.6 is 0 Å². The first-order chi connectivity index (χ1) is 8.48. The molecule has 0 aliphatic heterocycles. The molecular weight excluding hydrogens is 292 g/mol. The molecule has 0 saturated heterocycles. The topological polar surface area (TPSA) is 26.3 Å². The molecule has 0 aliphatic carbocycles. The maximum atomic E-state index is 12.9. The minimum Gasteiger partial charge on any atom is -0.415 e. The van der Waals surface area contributed by atoms with Crippen molar-refractivity contribution in [2.45, 2.75) is 12.1 Å². The molecule has 0 heterocycles. The van der Waals surface area contributed by atoms with Crippen molar-refractivity contribution in [3.05, 3.63) is 29.6 Å². The van der Waals surface area contributed by atoms with Gasteiger partial charge in [-0.2, -0.15) is 26.3 Å². The van der Waals surface area contributed by atoms with E-state index in [2.05, 4.69) is 4.74 Å². The quantitative estimate of drug-likeness (QED) is 0.362. The molecule has 2 nitrogen and oxygen atoms in total. The summed E-state index contributed by atoms with van der Waals surface area (Å²) >= 11 is 0. The fourth-order valence-corrected chi connectivity index (χ4v) is 0.875. The van der Waals surface area contributed by atoms with Crippen molar-refractivity contribution in [3.8, 4) is 5.75 Å². The third-order valence-electron chi connectivity index (χ3n) is 1.81. The van der Waals surface area contributed by atoms with Gasteiger partial charge in [-0.3, -0.25) is 0 Å². The molecule has 0 unspecified atom stereocenters. The standard InChI is InChI=1S/C9H2F8O2/c10-3-1-2-4(11)6(5(3)12)19-7(18)8(13,14)9(15,16)17/h1-2H. The van der Waals surface area contributed by atoms with E-state index in [9.17, 15) is 39.9 Å². The molecule has 0 bridgehead atoms. The van der Waals surface area contributed by atoms with Gasteiger partial charge in [-0.25, -0.2) is 13.6 Å². The first kappa shape index (κ1) is 15.2. The van der Waals surface area contributed by atoms with Crippen LogP contribution in [0.15, 0.2) is 12.1 Å². The zero-order valence-corrected chi connectivity index (χ0v) is 8.49. The normalized spacial score (nSPS) is 12.4. The van der Waals surface area contributed by atoms with Crippen molar-refractivity contribution in [2.75, 3.05) is 0 Å². The first-order valence-corrected chi connectivity index (χ1v) is 4.28. The van der Waals surface area contributed by atoms with Crippen LogP contribution in [0.25, 0.3) is 0 Å². The summed E-state index contributed by atoms with van der Waals surface area (Å²) in [6.07, 6.45) is -6.32. The second kappa shape index (κ2) is 4.67. The molecule has 1 aromatic carbocycles. The van der Waals surface area contributed by atoms with Crippen LogP contribution < -0.4 is 4.74 Å². The van der Waals surface area contributed by atoms with Gasteiger partial charge in [0, 0.05) is 0 Å². The van der Waals surface area contributed by atoms with Crippen molar-refractivity contribution < 1.29 is 44.7 Å². The van der Waals surface area contributed by atoms with E-state index in [1.807, 2.05) is 0 Å². The lowest BCUT2D eigenvalue weighted by atomic mass is 10.3. The maximum Gasteiger partial charge on any atom is 0.465 e. The number of carbonyl (C=O) groups excluding carboxylic acids is 1. The van der Waals surface area contributed by atoms with Gasteiger partial charge in [-0.15, -0.1) is 0 Å². The Hall–Kier alpha value is -1.87. The number of rotatable bonds is 2. The van der Waals surface area contributed by atoms with Gasteiger partial charge in [0.2, 0.25) is 11.6 Å². The second-order valence-corrected chi connectivity index (χ2v) is 3.13. The lowest BCUT2D eigenvalue weighted by Crippen LogP contribution is -2.46. The monoisotopic (exact) mass is 294 g/mol. The van der Waals surface area contributed by atoms with Gasteiger partial charge in [0.05, 0.1) is 0 Å². The minimum absolute atomic E-state index is 0.187. The zero-order chi connectivity index (χ0) is 15.0. The van der Waals surface area contributed by atoms with Crippen molar-refractivity contribution >= 4 is 5.97 Å². The van der Waals surface area contributed by atoms with Crippen LogP contribution in [-0.4, -0.2) is 18.1 Å². The van der Waals surface area contributed by atoms with Gasteiger partial charge in [0.25, 0.3) is 0 Å². The third kappa shape index (κ3) is 2.76. The number of benzene rings is 1. The van der Waals surface area contributed by atoms with Gasteiger partial charge < -0.3 is 4.74 Å². The summed E-state index contributed by atoms with van der Waals surface area (Å²) in [7, 11) is 0. The third-order valence-corrected chi connectivity index (χ3v) is 1.81. The Balaban J connectivity index is 3.12. The Bertz CT molecular complexity index is 508. The number of esters is 1. The summed E-state index contributed by atoms with van der Waals surface area (Å²) in [6, 6.07) is 0.413. The van der Waals surface area contributed by atoms with E-state index < -0.39 is 41.3 Å². The molecule has 0 atom stereocenters. The van der Waals surface area contributed by atoms with Crippen molar-refractivity contribution in [1.29, 1.82) is 0 Å². The van der Waals surface area contributed by atoms with E-state index in [-0.39, 0.29) is 12.1 Å². The highest BCUT2D eigenvalue weighted by Gasteiger charge is 2.65. The van der Waals surface area contributed by atoms with E-state index in [1.165, 1.54) is 0 Å². The SMILES string of the molecule is O=C(Oc1c(F)ccc(F)c1F)C(F)(F)C(F)(F)F. The van der Waals surface area contributed by atoms with Gasteiger partial charge in [-0.1, -0.05) is 0 Å². The highest BCUT2D eigenvalue weighted by Crippen LogP contribution is 2.37. The number of carbonyl (C=O) groups is 1. The van der Waals surface area contributed by atoms with Gasteiger partial charge in [-0.05, 0) is 12.1 Å². The molecule has 0 amide bonds. The van der Waals surface area contributed by atoms with Gasteiger partial charge in [0.1, 0.15) is 0 Å². The minimum atomic E-state index is -6.32. The van der Waals surface area contributed by atoms with Crippen molar-refractivity contribution in [3.63, 3.8) is 0 Å². The number of alkyl halides is 5. The number of halogens is 8. The molecule has 106 valence electrons. The van der Waals surface area contributed by atoms with E-state index in [1.54, 1.807) is 0 Å². The lowest BCUT2D eigenvalue weighted by Gasteiger charge is -2.17. The molecule has 0 aliphatic rings. The lowest BCUT2D eigenvalue weighted by molar-refractivity contribution is -0.276. The van der Waals surface area contributed by atoms with Crippen LogP contribution in [0.3, 0.4) is 0 Å². The molecule has 19 heavy (non-hydrogen) atoms. The predicted octanol–water partition coefficient (Wildman–Crippen LogP) is 3.21. The summed E-state index contributed by atoms with van der Waals surface area (Å²) in [5.74, 6) is -17.0. The Labute approximate surface area is 99.1 Å². The average molecular weight is 294 g/mol. The molecule has 1 rings (SSSR count). The van der Waals surface area contributed by atoms with Crippen LogP contribution in [0.5, 0.6) is 5.75 Å². The fraction of sp³-hybridized carbons (Fsp3) is 0.222. The molecule has 0 N–H and O–H groups in total. The van der Waals surface area contributed by atoms with E-state index in [4.69, 9.17) is 0 Å². The van der Waals surface area contributed by atoms with E-state index >= 15 is 0 Å². The second-order valence-electron chi connectivity index (χ2n) is 3.13. The highest BCUT2D eigenvalue weighted by atomic mass is 19.4. The molecule has 0 radical (unpaired) electrons. The fourth-order valence-electron chi connectivity index (χ4n) is 0.875. The first-order valence-electron chi connectivity index (χ1n) is 4.28. The molecule has 10 heteroatoms. The van der Waals surface area contributed by atoms with Crippen LogP contribution in [0.4, 0.5) is 35.1 Å². The maximum absolute atomic E-state index is 12.9. The Kier molecular flexibility index (Phi) is 3.73. The van der Waals surface area contributed by atoms with Crippen molar-refractivity contribution in [1.82, 2.24) is 0 Å². The van der Waals surface area contributed by atoms with Crippen LogP contribution in [0, 0.1) is 17.5 Å². The van der Waals surface area contributed by atoms with Crippen molar-refractivity contribution in [2.24, 2.45) is 0 Å². The average Bonchev–Trinajstić information content (AvgIpc) is 2.27. The van der Waals surface area contributed by atoms with Gasteiger partial charge >= 0.3 is 18.1 Å². The Morgan fingerprint density at radius 3 is 1.89 bits per heavy atom. The Morgan fingerprint density at radius 2 is 1.42 bits per heavy atom. The molecular formula is C9H2F8O2. The van der Waals surface area contributed by atoms with E-state index in [0.29, 0.717) is 0 Å². The largest absolute Gasteiger partial charge is 0.465 e. The summed E-state index contributed by atoms with van der Waals surface area (Å²) < 4.78 is 102. The van der Waals surface area contributed by atoms with Gasteiger partial charge in [0.15, 0.2) is 11.6 Å². The smallest absolute Gasteiger partial charge is 0.415 e. The number of ether oxygens (including phenoxy) is 1. The molecule has 0 aromatic heterocycles. The number of hydrogen-bond donors (Lipinski definition) is 0. The summed E-state index contributed by atoms with van der Waals surface area (Å²) in [5.41, 5.74) is 0. The molecule has 0 fully saturated rings. The molecule has 1 aromatic rings. The summed E-state index contributed by atoms with van der Waals surface area (Å²) in [5, 5.41) is 0. The molecule has 0 saturated carbocycles. The van der Waals surface area contributed by atoms with E-state index in [0.717, 1.165) is 0 Å². The molecule has 0 spiro atoms. The summed E-state index contributed by atoms with van der Waals surface area (Å²) in [6.45, 7) is 0. The Morgan fingerprint density at radius 1 is 0.947 bits per heavy atom. The predicted molar refractivity (Wildman–Crippen MR) is 43.0 cm³/mol. The van der Waals surface area contributed by atoms with Crippen LogP contribution in [-0.2, 0) is 4.79 Å². The van der Waals surface area contributed by atoms with Crippen LogP contribution in [0.1, 0.15) is 0 Å². The number of hydrogen-bond acceptors (Lipinski definition) is 2. The summed E-state index contributed by atoms with van der Waals surface area (Å²) in [4.78, 5) is 10.5. The zero-order valence-electron chi connectivity index (χ0n) is 8.49. The van der Waals surface area contributed by atoms with Crippen LogP contribution in [0.2, 0.25) is 0 Å². The highest BCUT2D eigenvalue weighted by molar-refractivity contribution is 5.80.